The molecule has 0 radical (unpaired) electrons. The van der Waals surface area contributed by atoms with Gasteiger partial charge < -0.3 is 10.2 Å². The molecule has 0 saturated heterocycles. The Labute approximate surface area is 288 Å². The third-order valence-corrected chi connectivity index (χ3v) is 10.6. The molecule has 47 heavy (non-hydrogen) atoms. The van der Waals surface area contributed by atoms with Gasteiger partial charge in [-0.1, -0.05) is 103 Å². The third kappa shape index (κ3) is 8.95. The number of halogens is 2. The zero-order valence-corrected chi connectivity index (χ0v) is 29.7. The first-order valence-corrected chi connectivity index (χ1v) is 17.7. The van der Waals surface area contributed by atoms with Gasteiger partial charge in [-0.15, -0.1) is 0 Å². The van der Waals surface area contributed by atoms with Gasteiger partial charge >= 0.3 is 0 Å². The number of carbonyl (C=O) groups excluding carboxylic acids is 2. The minimum absolute atomic E-state index is 0.0491. The van der Waals surface area contributed by atoms with Crippen LogP contribution in [0.25, 0.3) is 0 Å². The molecule has 4 rings (SSSR count). The van der Waals surface area contributed by atoms with Crippen LogP contribution < -0.4 is 9.62 Å². The number of nitrogens with one attached hydrogen (secondary N) is 1. The van der Waals surface area contributed by atoms with Crippen LogP contribution in [0.5, 0.6) is 0 Å². The van der Waals surface area contributed by atoms with E-state index in [9.17, 15) is 18.0 Å². The molecule has 0 aliphatic heterocycles. The van der Waals surface area contributed by atoms with E-state index in [0.29, 0.717) is 33.4 Å². The lowest BCUT2D eigenvalue weighted by molar-refractivity contribution is -0.140. The van der Waals surface area contributed by atoms with Crippen molar-refractivity contribution in [3.63, 3.8) is 0 Å². The van der Waals surface area contributed by atoms with E-state index in [2.05, 4.69) is 5.32 Å². The smallest absolute Gasteiger partial charge is 0.264 e. The van der Waals surface area contributed by atoms with Crippen molar-refractivity contribution < 1.29 is 18.0 Å². The molecule has 0 unspecified atom stereocenters. The molecule has 10 heteroatoms. The fraction of sp³-hybridized carbons (Fsp3) is 0.297. The van der Waals surface area contributed by atoms with Gasteiger partial charge in [-0.2, -0.15) is 0 Å². The molecule has 0 fully saturated rings. The van der Waals surface area contributed by atoms with Gasteiger partial charge in [0.2, 0.25) is 11.8 Å². The molecular formula is C37H41Cl2N3O4S. The topological polar surface area (TPSA) is 86.8 Å². The Morgan fingerprint density at radius 2 is 1.43 bits per heavy atom. The summed E-state index contributed by atoms with van der Waals surface area (Å²) in [7, 11) is -4.22. The van der Waals surface area contributed by atoms with Gasteiger partial charge in [0.05, 0.1) is 10.6 Å². The van der Waals surface area contributed by atoms with Crippen molar-refractivity contribution in [3.8, 4) is 0 Å². The molecule has 0 bridgehead atoms. The largest absolute Gasteiger partial charge is 0.354 e. The van der Waals surface area contributed by atoms with Crippen molar-refractivity contribution in [2.45, 2.75) is 58.5 Å². The zero-order chi connectivity index (χ0) is 34.3. The Morgan fingerprint density at radius 3 is 2.04 bits per heavy atom. The van der Waals surface area contributed by atoms with Crippen molar-refractivity contribution in [2.75, 3.05) is 17.4 Å². The first kappa shape index (κ1) is 36.0. The van der Waals surface area contributed by atoms with E-state index >= 15 is 0 Å². The molecule has 248 valence electrons. The molecule has 0 aliphatic rings. The molecule has 0 aliphatic carbocycles. The highest BCUT2D eigenvalue weighted by molar-refractivity contribution is 7.92. The molecule has 4 aromatic rings. The molecule has 2 amide bonds. The first-order valence-electron chi connectivity index (χ1n) is 15.5. The monoisotopic (exact) mass is 693 g/mol. The number of carbonyl (C=O) groups is 2. The zero-order valence-electron chi connectivity index (χ0n) is 27.3. The van der Waals surface area contributed by atoms with Crippen LogP contribution >= 0.6 is 23.2 Å². The number of sulfonamides is 1. The number of nitrogens with zero attached hydrogens (tertiary/aromatic N) is 2. The van der Waals surface area contributed by atoms with Gasteiger partial charge in [-0.25, -0.2) is 8.42 Å². The van der Waals surface area contributed by atoms with E-state index in [0.717, 1.165) is 21.0 Å². The second kappa shape index (κ2) is 15.8. The number of anilines is 1. The summed E-state index contributed by atoms with van der Waals surface area (Å²) in [4.78, 5) is 30.1. The van der Waals surface area contributed by atoms with Crippen molar-refractivity contribution in [2.24, 2.45) is 5.92 Å². The van der Waals surface area contributed by atoms with E-state index in [1.165, 1.54) is 17.0 Å². The van der Waals surface area contributed by atoms with E-state index in [1.807, 2.05) is 71.0 Å². The van der Waals surface area contributed by atoms with Crippen molar-refractivity contribution in [3.05, 3.63) is 129 Å². The number of benzene rings is 4. The maximum atomic E-state index is 14.7. The SMILES string of the molecule is Cc1ccc(S(=O)(=O)N(CC(=O)N(Cc2c(Cl)cccc2Cl)[C@H](Cc2ccccc2)C(=O)NCC(C)C)c2cccc(C)c2C)cc1. The average molecular weight is 695 g/mol. The predicted molar refractivity (Wildman–Crippen MR) is 190 cm³/mol. The highest BCUT2D eigenvalue weighted by Crippen LogP contribution is 2.31. The van der Waals surface area contributed by atoms with Gasteiger partial charge in [-0.3, -0.25) is 13.9 Å². The Hall–Kier alpha value is -3.85. The summed E-state index contributed by atoms with van der Waals surface area (Å²) in [5, 5.41) is 3.64. The van der Waals surface area contributed by atoms with Crippen molar-refractivity contribution >= 4 is 50.7 Å². The van der Waals surface area contributed by atoms with Crippen LogP contribution in [0.1, 0.15) is 41.7 Å². The number of amides is 2. The second-order valence-corrected chi connectivity index (χ2v) is 14.8. The average Bonchev–Trinajstić information content (AvgIpc) is 3.03. The molecule has 0 saturated carbocycles. The minimum Gasteiger partial charge on any atom is -0.354 e. The Morgan fingerprint density at radius 1 is 0.809 bits per heavy atom. The molecule has 7 nitrogen and oxygen atoms in total. The summed E-state index contributed by atoms with van der Waals surface area (Å²) >= 11 is 13.2. The molecule has 1 atom stereocenters. The minimum atomic E-state index is -4.22. The maximum Gasteiger partial charge on any atom is 0.264 e. The van der Waals surface area contributed by atoms with E-state index in [4.69, 9.17) is 23.2 Å². The summed E-state index contributed by atoms with van der Waals surface area (Å²) in [5.41, 5.74) is 4.15. The van der Waals surface area contributed by atoms with E-state index in [1.54, 1.807) is 42.5 Å². The van der Waals surface area contributed by atoms with Gasteiger partial charge in [-0.05, 0) is 73.7 Å². The maximum absolute atomic E-state index is 14.7. The fourth-order valence-corrected chi connectivity index (χ4v) is 7.18. The van der Waals surface area contributed by atoms with Gasteiger partial charge in [0.1, 0.15) is 12.6 Å². The lowest BCUT2D eigenvalue weighted by Crippen LogP contribution is -2.54. The second-order valence-electron chi connectivity index (χ2n) is 12.1. The molecular weight excluding hydrogens is 653 g/mol. The number of rotatable bonds is 13. The molecule has 1 N–H and O–H groups in total. The summed E-state index contributed by atoms with van der Waals surface area (Å²) < 4.78 is 29.8. The standard InChI is InChI=1S/C37H41Cl2N3O4S/c1-25(2)22-40-37(44)35(21-29-12-7-6-8-13-29)41(23-31-32(38)14-10-15-33(31)39)36(43)24-42(34-16-9-11-27(4)28(34)5)47(45,46)30-19-17-26(3)18-20-30/h6-20,25,35H,21-24H2,1-5H3,(H,40,44)/t35-/m1/s1. The summed E-state index contributed by atoms with van der Waals surface area (Å²) in [6.45, 7) is 9.27. The van der Waals surface area contributed by atoms with Crippen molar-refractivity contribution in [1.29, 1.82) is 0 Å². The number of hydrogen-bond acceptors (Lipinski definition) is 4. The van der Waals surface area contributed by atoms with Crippen LogP contribution in [0, 0.1) is 26.7 Å². The van der Waals surface area contributed by atoms with E-state index in [-0.39, 0.29) is 29.7 Å². The highest BCUT2D eigenvalue weighted by atomic mass is 35.5. The lowest BCUT2D eigenvalue weighted by atomic mass is 10.0. The summed E-state index contributed by atoms with van der Waals surface area (Å²) in [5.74, 6) is -0.783. The molecule has 4 aromatic carbocycles. The van der Waals surface area contributed by atoms with Crippen LogP contribution in [0.3, 0.4) is 0 Å². The van der Waals surface area contributed by atoms with Crippen LogP contribution in [0.2, 0.25) is 10.0 Å². The third-order valence-electron chi connectivity index (χ3n) is 8.08. The summed E-state index contributed by atoms with van der Waals surface area (Å²) in [6, 6.07) is 25.3. The summed E-state index contributed by atoms with van der Waals surface area (Å²) in [6.07, 6.45) is 0.187. The van der Waals surface area contributed by atoms with Crippen LogP contribution in [-0.2, 0) is 32.6 Å². The Balaban J connectivity index is 1.86. The normalized spacial score (nSPS) is 12.1. The molecule has 0 aromatic heterocycles. The molecule has 0 spiro atoms. The highest BCUT2D eigenvalue weighted by Gasteiger charge is 2.35. The van der Waals surface area contributed by atoms with Crippen LogP contribution in [0.15, 0.2) is 95.9 Å². The Kier molecular flexibility index (Phi) is 12.1. The Bertz CT molecular complexity index is 1790. The fourth-order valence-electron chi connectivity index (χ4n) is 5.19. The number of aryl methyl sites for hydroxylation is 2. The van der Waals surface area contributed by atoms with Gasteiger partial charge in [0, 0.05) is 35.1 Å². The van der Waals surface area contributed by atoms with Crippen LogP contribution in [-0.4, -0.2) is 44.3 Å². The number of hydrogen-bond donors (Lipinski definition) is 1. The van der Waals surface area contributed by atoms with Crippen molar-refractivity contribution in [1.82, 2.24) is 10.2 Å². The molecule has 0 heterocycles. The van der Waals surface area contributed by atoms with Crippen LogP contribution in [0.4, 0.5) is 5.69 Å². The first-order chi connectivity index (χ1) is 22.3. The van der Waals surface area contributed by atoms with Gasteiger partial charge in [0.15, 0.2) is 0 Å². The quantitative estimate of drug-likeness (QED) is 0.157. The van der Waals surface area contributed by atoms with Gasteiger partial charge in [0.25, 0.3) is 10.0 Å². The predicted octanol–water partition coefficient (Wildman–Crippen LogP) is 7.53. The van der Waals surface area contributed by atoms with E-state index < -0.39 is 28.5 Å². The lowest BCUT2D eigenvalue weighted by Gasteiger charge is -2.34.